The lowest BCUT2D eigenvalue weighted by Crippen LogP contribution is -2.45. The van der Waals surface area contributed by atoms with Gasteiger partial charge in [-0.3, -0.25) is 4.98 Å². The Kier molecular flexibility index (Phi) is 3.27. The number of esters is 1. The first-order chi connectivity index (χ1) is 8.63. The van der Waals surface area contributed by atoms with Crippen molar-refractivity contribution in [1.82, 2.24) is 15.6 Å². The topological polar surface area (TPSA) is 80.3 Å². The Bertz CT molecular complexity index is 511. The third-order valence-electron chi connectivity index (χ3n) is 2.66. The van der Waals surface area contributed by atoms with Gasteiger partial charge in [0.1, 0.15) is 6.04 Å². The van der Waals surface area contributed by atoms with E-state index in [9.17, 15) is 9.59 Å². The molecule has 1 aromatic rings. The van der Waals surface area contributed by atoms with Crippen LogP contribution in [0.3, 0.4) is 0 Å². The molecule has 2 rings (SSSR count). The summed E-state index contributed by atoms with van der Waals surface area (Å²) in [7, 11) is 1.30. The third-order valence-corrected chi connectivity index (χ3v) is 2.66. The van der Waals surface area contributed by atoms with Crippen molar-refractivity contribution in [3.05, 3.63) is 41.4 Å². The standard InChI is InChI=1S/C12H13N3O3/c1-7-9(11(16)18-2)10(15-12(17)14-7)8-5-3-4-6-13-8/h3-6,10H,1-2H3,(H2,14,15,17). The molecule has 0 fully saturated rings. The highest BCUT2D eigenvalue weighted by Gasteiger charge is 2.32. The van der Waals surface area contributed by atoms with Crippen LogP contribution in [0.4, 0.5) is 4.79 Å². The minimum absolute atomic E-state index is 0.357. The first kappa shape index (κ1) is 12.1. The molecule has 2 heterocycles. The lowest BCUT2D eigenvalue weighted by atomic mass is 9.99. The maximum atomic E-state index is 11.8. The number of methoxy groups -OCH3 is 1. The predicted molar refractivity (Wildman–Crippen MR) is 63.4 cm³/mol. The van der Waals surface area contributed by atoms with Crippen LogP contribution in [0.5, 0.6) is 0 Å². The van der Waals surface area contributed by atoms with Crippen LogP contribution in [0.2, 0.25) is 0 Å². The highest BCUT2D eigenvalue weighted by molar-refractivity contribution is 5.94. The van der Waals surface area contributed by atoms with Crippen molar-refractivity contribution < 1.29 is 14.3 Å². The van der Waals surface area contributed by atoms with Gasteiger partial charge in [0.2, 0.25) is 0 Å². The fourth-order valence-corrected chi connectivity index (χ4v) is 1.84. The summed E-state index contributed by atoms with van der Waals surface area (Å²) in [5, 5.41) is 5.20. The molecular formula is C12H13N3O3. The molecule has 94 valence electrons. The number of carbonyl (C=O) groups is 2. The zero-order valence-electron chi connectivity index (χ0n) is 10.1. The Morgan fingerprint density at radius 1 is 1.44 bits per heavy atom. The van der Waals surface area contributed by atoms with E-state index in [0.717, 1.165) is 0 Å². The number of allylic oxidation sites excluding steroid dienone is 1. The molecule has 0 spiro atoms. The van der Waals surface area contributed by atoms with E-state index in [1.807, 2.05) is 0 Å². The van der Waals surface area contributed by atoms with Gasteiger partial charge < -0.3 is 15.4 Å². The third kappa shape index (κ3) is 2.17. The Balaban J connectivity index is 2.46. The Morgan fingerprint density at radius 3 is 2.83 bits per heavy atom. The number of nitrogens with one attached hydrogen (secondary N) is 2. The van der Waals surface area contributed by atoms with Crippen LogP contribution < -0.4 is 10.6 Å². The molecule has 1 atom stereocenters. The lowest BCUT2D eigenvalue weighted by molar-refractivity contribution is -0.136. The van der Waals surface area contributed by atoms with Crippen LogP contribution in [-0.2, 0) is 9.53 Å². The van der Waals surface area contributed by atoms with Crippen molar-refractivity contribution in [3.63, 3.8) is 0 Å². The summed E-state index contributed by atoms with van der Waals surface area (Å²) < 4.78 is 4.73. The van der Waals surface area contributed by atoms with Crippen molar-refractivity contribution in [2.24, 2.45) is 0 Å². The number of hydrogen-bond acceptors (Lipinski definition) is 4. The number of carbonyl (C=O) groups excluding carboxylic acids is 2. The zero-order valence-corrected chi connectivity index (χ0v) is 10.1. The Labute approximate surface area is 104 Å². The molecule has 6 nitrogen and oxygen atoms in total. The lowest BCUT2D eigenvalue weighted by Gasteiger charge is -2.26. The summed E-state index contributed by atoms with van der Waals surface area (Å²) in [6.07, 6.45) is 1.60. The number of rotatable bonds is 2. The molecule has 0 bridgehead atoms. The van der Waals surface area contributed by atoms with E-state index in [1.54, 1.807) is 31.3 Å². The summed E-state index contributed by atoms with van der Waals surface area (Å²) in [6, 6.07) is 4.34. The minimum atomic E-state index is -0.590. The van der Waals surface area contributed by atoms with Crippen molar-refractivity contribution in [2.45, 2.75) is 13.0 Å². The van der Waals surface area contributed by atoms with Crippen LogP contribution in [0, 0.1) is 0 Å². The average Bonchev–Trinajstić information content (AvgIpc) is 2.38. The maximum Gasteiger partial charge on any atom is 0.338 e. The quantitative estimate of drug-likeness (QED) is 0.760. The number of pyridine rings is 1. The summed E-state index contributed by atoms with van der Waals surface area (Å²) in [6.45, 7) is 1.65. The molecule has 2 amide bonds. The van der Waals surface area contributed by atoms with E-state index in [2.05, 4.69) is 15.6 Å². The second kappa shape index (κ2) is 4.87. The second-order valence-corrected chi connectivity index (χ2v) is 3.82. The summed E-state index contributed by atoms with van der Waals surface area (Å²) in [4.78, 5) is 27.4. The maximum absolute atomic E-state index is 11.8. The van der Waals surface area contributed by atoms with E-state index >= 15 is 0 Å². The Morgan fingerprint density at radius 2 is 2.22 bits per heavy atom. The molecule has 1 aliphatic heterocycles. The number of urea groups is 1. The van der Waals surface area contributed by atoms with Gasteiger partial charge in [0.15, 0.2) is 0 Å². The van der Waals surface area contributed by atoms with Gasteiger partial charge >= 0.3 is 12.0 Å². The van der Waals surface area contributed by atoms with Crippen LogP contribution in [-0.4, -0.2) is 24.1 Å². The number of aromatic nitrogens is 1. The monoisotopic (exact) mass is 247 g/mol. The van der Waals surface area contributed by atoms with Crippen LogP contribution in [0.1, 0.15) is 18.7 Å². The van der Waals surface area contributed by atoms with Crippen LogP contribution in [0.25, 0.3) is 0 Å². The molecule has 2 N–H and O–H groups in total. The largest absolute Gasteiger partial charge is 0.466 e. The first-order valence-corrected chi connectivity index (χ1v) is 5.41. The van der Waals surface area contributed by atoms with E-state index < -0.39 is 12.0 Å². The van der Waals surface area contributed by atoms with Crippen molar-refractivity contribution in [2.75, 3.05) is 7.11 Å². The number of nitrogens with zero attached hydrogens (tertiary/aromatic N) is 1. The van der Waals surface area contributed by atoms with Gasteiger partial charge in [0.05, 0.1) is 18.4 Å². The molecule has 18 heavy (non-hydrogen) atoms. The van der Waals surface area contributed by atoms with Crippen LogP contribution >= 0.6 is 0 Å². The Hall–Kier alpha value is -2.37. The van der Waals surface area contributed by atoms with Gasteiger partial charge in [0, 0.05) is 11.9 Å². The molecule has 0 aromatic carbocycles. The van der Waals surface area contributed by atoms with Crippen molar-refractivity contribution in [1.29, 1.82) is 0 Å². The predicted octanol–water partition coefficient (Wildman–Crippen LogP) is 0.882. The van der Waals surface area contributed by atoms with E-state index in [4.69, 9.17) is 4.74 Å². The molecule has 0 radical (unpaired) electrons. The smallest absolute Gasteiger partial charge is 0.338 e. The van der Waals surface area contributed by atoms with Gasteiger partial charge in [-0.15, -0.1) is 0 Å². The zero-order chi connectivity index (χ0) is 13.1. The molecule has 0 saturated carbocycles. The number of ether oxygens (including phenoxy) is 1. The number of amides is 2. The average molecular weight is 247 g/mol. The SMILES string of the molecule is COC(=O)C1=C(C)NC(=O)NC1c1ccccn1. The van der Waals surface area contributed by atoms with Crippen LogP contribution in [0.15, 0.2) is 35.7 Å². The van der Waals surface area contributed by atoms with Gasteiger partial charge in [0.25, 0.3) is 0 Å². The van der Waals surface area contributed by atoms with Gasteiger partial charge in [-0.1, -0.05) is 6.07 Å². The molecule has 1 aliphatic rings. The van der Waals surface area contributed by atoms with Gasteiger partial charge in [-0.2, -0.15) is 0 Å². The molecule has 0 aliphatic carbocycles. The van der Waals surface area contributed by atoms with Gasteiger partial charge in [-0.05, 0) is 19.1 Å². The van der Waals surface area contributed by atoms with E-state index in [0.29, 0.717) is 17.0 Å². The van der Waals surface area contributed by atoms with Gasteiger partial charge in [-0.25, -0.2) is 9.59 Å². The minimum Gasteiger partial charge on any atom is -0.466 e. The highest BCUT2D eigenvalue weighted by Crippen LogP contribution is 2.25. The summed E-state index contributed by atoms with van der Waals surface area (Å²) in [5.74, 6) is -0.490. The molecule has 0 saturated heterocycles. The highest BCUT2D eigenvalue weighted by atomic mass is 16.5. The molecule has 1 aromatic heterocycles. The van der Waals surface area contributed by atoms with Crippen molar-refractivity contribution in [3.8, 4) is 0 Å². The van der Waals surface area contributed by atoms with E-state index in [1.165, 1.54) is 7.11 Å². The van der Waals surface area contributed by atoms with Crippen molar-refractivity contribution >= 4 is 12.0 Å². The second-order valence-electron chi connectivity index (χ2n) is 3.82. The summed E-state index contributed by atoms with van der Waals surface area (Å²) >= 11 is 0. The molecular weight excluding hydrogens is 234 g/mol. The fraction of sp³-hybridized carbons (Fsp3) is 0.250. The molecule has 1 unspecified atom stereocenters. The first-order valence-electron chi connectivity index (χ1n) is 5.41. The molecule has 6 heteroatoms. The summed E-state index contributed by atoms with van der Waals surface area (Å²) in [5.41, 5.74) is 1.42. The number of hydrogen-bond donors (Lipinski definition) is 2. The van der Waals surface area contributed by atoms with E-state index in [-0.39, 0.29) is 6.03 Å². The normalized spacial score (nSPS) is 19.0. The fourth-order valence-electron chi connectivity index (χ4n) is 1.84.